The minimum Gasteiger partial charge on any atom is -0.293 e. The van der Waals surface area contributed by atoms with Crippen LogP contribution in [0.1, 0.15) is 41.2 Å². The van der Waals surface area contributed by atoms with Crippen LogP contribution in [0.3, 0.4) is 0 Å². The molecule has 0 amide bonds. The Bertz CT molecular complexity index is 768. The second kappa shape index (κ2) is 5.23. The van der Waals surface area contributed by atoms with Gasteiger partial charge in [-0.15, -0.1) is 22.7 Å². The van der Waals surface area contributed by atoms with Crippen molar-refractivity contribution in [3.05, 3.63) is 44.9 Å². The highest BCUT2D eigenvalue weighted by Crippen LogP contribution is 2.36. The predicted octanol–water partition coefficient (Wildman–Crippen LogP) is 4.28. The molecule has 0 bridgehead atoms. The molecule has 0 fully saturated rings. The number of nitrogens with zero attached hydrogens (tertiary/aromatic N) is 3. The highest BCUT2D eigenvalue weighted by atomic mass is 32.1. The third-order valence-corrected chi connectivity index (χ3v) is 6.26. The topological polar surface area (TPSA) is 20.5 Å². The summed E-state index contributed by atoms with van der Waals surface area (Å²) in [6.07, 6.45) is 4.51. The molecule has 0 aliphatic carbocycles. The lowest BCUT2D eigenvalue weighted by molar-refractivity contribution is 0.170. The first kappa shape index (κ1) is 13.5. The van der Waals surface area contributed by atoms with Crippen molar-refractivity contribution in [3.63, 3.8) is 0 Å². The quantitative estimate of drug-likeness (QED) is 0.719. The summed E-state index contributed by atoms with van der Waals surface area (Å²) in [5.41, 5.74) is 4.08. The van der Waals surface area contributed by atoms with E-state index in [1.165, 1.54) is 24.2 Å². The molecule has 3 aromatic rings. The number of fused-ring (bicyclic) bond motifs is 2. The minimum atomic E-state index is 0.559. The van der Waals surface area contributed by atoms with Crippen molar-refractivity contribution in [1.82, 2.24) is 14.3 Å². The highest BCUT2D eigenvalue weighted by Gasteiger charge is 2.28. The zero-order valence-corrected chi connectivity index (χ0v) is 14.0. The maximum Gasteiger partial charge on any atom is 0.194 e. The highest BCUT2D eigenvalue weighted by molar-refractivity contribution is 7.15. The van der Waals surface area contributed by atoms with Crippen LogP contribution in [0.5, 0.6) is 0 Å². The standard InChI is InChI=1S/C16H19N3S2/c1-3-13-12-5-8-20-15(12)4-6-18(13)10-14-11(2)17-16-19(14)7-9-21-16/h5,7-9,13H,3-4,6,10H2,1-2H3. The fourth-order valence-electron chi connectivity index (χ4n) is 3.44. The second-order valence-electron chi connectivity index (χ2n) is 5.64. The summed E-state index contributed by atoms with van der Waals surface area (Å²) >= 11 is 3.63. The van der Waals surface area contributed by atoms with Gasteiger partial charge in [-0.25, -0.2) is 4.98 Å². The summed E-state index contributed by atoms with van der Waals surface area (Å²) < 4.78 is 2.26. The van der Waals surface area contributed by atoms with E-state index < -0.39 is 0 Å². The molecule has 0 saturated heterocycles. The number of hydrogen-bond donors (Lipinski definition) is 0. The zero-order chi connectivity index (χ0) is 14.4. The first-order chi connectivity index (χ1) is 10.3. The molecule has 110 valence electrons. The van der Waals surface area contributed by atoms with Crippen LogP contribution in [0.4, 0.5) is 0 Å². The molecule has 1 aliphatic rings. The molecule has 0 spiro atoms. The van der Waals surface area contributed by atoms with Gasteiger partial charge in [0.2, 0.25) is 0 Å². The van der Waals surface area contributed by atoms with Crippen LogP contribution in [0.15, 0.2) is 23.0 Å². The van der Waals surface area contributed by atoms with E-state index in [0.717, 1.165) is 18.1 Å². The number of thiophene rings is 1. The third kappa shape index (κ3) is 2.15. The lowest BCUT2D eigenvalue weighted by Crippen LogP contribution is -2.34. The van der Waals surface area contributed by atoms with Crippen molar-refractivity contribution >= 4 is 27.6 Å². The molecular formula is C16H19N3S2. The average Bonchev–Trinajstić information content (AvgIpc) is 3.17. The maximum atomic E-state index is 4.68. The van der Waals surface area contributed by atoms with Crippen molar-refractivity contribution in [2.75, 3.05) is 6.54 Å². The van der Waals surface area contributed by atoms with Gasteiger partial charge < -0.3 is 0 Å². The summed E-state index contributed by atoms with van der Waals surface area (Å²) in [6, 6.07) is 2.88. The van der Waals surface area contributed by atoms with Gasteiger partial charge in [0.25, 0.3) is 0 Å². The summed E-state index contributed by atoms with van der Waals surface area (Å²) in [4.78, 5) is 10.0. The summed E-state index contributed by atoms with van der Waals surface area (Å²) in [7, 11) is 0. The van der Waals surface area contributed by atoms with Crippen LogP contribution >= 0.6 is 22.7 Å². The second-order valence-corrected chi connectivity index (χ2v) is 7.52. The van der Waals surface area contributed by atoms with E-state index in [1.54, 1.807) is 21.8 Å². The largest absolute Gasteiger partial charge is 0.293 e. The van der Waals surface area contributed by atoms with E-state index in [9.17, 15) is 0 Å². The summed E-state index contributed by atoms with van der Waals surface area (Å²) in [6.45, 7) is 6.59. The normalized spacial score (nSPS) is 19.2. The molecule has 5 heteroatoms. The third-order valence-electron chi connectivity index (χ3n) is 4.51. The van der Waals surface area contributed by atoms with Gasteiger partial charge in [-0.05, 0) is 36.8 Å². The van der Waals surface area contributed by atoms with Gasteiger partial charge in [-0.2, -0.15) is 0 Å². The van der Waals surface area contributed by atoms with E-state index in [2.05, 4.69) is 51.2 Å². The van der Waals surface area contributed by atoms with Crippen molar-refractivity contribution < 1.29 is 0 Å². The molecule has 3 aromatic heterocycles. The Labute approximate surface area is 132 Å². The molecule has 1 atom stereocenters. The molecule has 4 rings (SSSR count). The summed E-state index contributed by atoms with van der Waals surface area (Å²) in [5, 5.41) is 4.37. The average molecular weight is 317 g/mol. The van der Waals surface area contributed by atoms with Crippen molar-refractivity contribution in [2.24, 2.45) is 0 Å². The Morgan fingerprint density at radius 2 is 2.24 bits per heavy atom. The van der Waals surface area contributed by atoms with Crippen LogP contribution in [-0.2, 0) is 13.0 Å². The Kier molecular flexibility index (Phi) is 3.36. The number of imidazole rings is 1. The number of rotatable bonds is 3. The molecule has 0 aromatic carbocycles. The Morgan fingerprint density at radius 3 is 3.10 bits per heavy atom. The minimum absolute atomic E-state index is 0.559. The van der Waals surface area contributed by atoms with Crippen LogP contribution in [0, 0.1) is 6.92 Å². The zero-order valence-electron chi connectivity index (χ0n) is 12.4. The van der Waals surface area contributed by atoms with E-state index >= 15 is 0 Å². The van der Waals surface area contributed by atoms with E-state index in [-0.39, 0.29) is 0 Å². The van der Waals surface area contributed by atoms with Gasteiger partial charge in [0.1, 0.15) is 0 Å². The number of aromatic nitrogens is 2. The molecule has 1 unspecified atom stereocenters. The maximum absolute atomic E-state index is 4.68. The first-order valence-electron chi connectivity index (χ1n) is 7.49. The molecule has 21 heavy (non-hydrogen) atoms. The van der Waals surface area contributed by atoms with E-state index in [0.29, 0.717) is 6.04 Å². The lowest BCUT2D eigenvalue weighted by atomic mass is 9.97. The van der Waals surface area contributed by atoms with E-state index in [4.69, 9.17) is 0 Å². The Morgan fingerprint density at radius 1 is 1.33 bits per heavy atom. The van der Waals surface area contributed by atoms with Crippen molar-refractivity contribution in [1.29, 1.82) is 0 Å². The first-order valence-corrected chi connectivity index (χ1v) is 9.25. The van der Waals surface area contributed by atoms with Crippen molar-refractivity contribution in [3.8, 4) is 0 Å². The van der Waals surface area contributed by atoms with Crippen LogP contribution in [0.2, 0.25) is 0 Å². The van der Waals surface area contributed by atoms with Gasteiger partial charge in [0, 0.05) is 35.6 Å². The van der Waals surface area contributed by atoms with Crippen LogP contribution in [-0.4, -0.2) is 20.8 Å². The molecule has 4 heterocycles. The van der Waals surface area contributed by atoms with Crippen LogP contribution in [0.25, 0.3) is 4.96 Å². The van der Waals surface area contributed by atoms with E-state index in [1.807, 2.05) is 11.3 Å². The molecular weight excluding hydrogens is 298 g/mol. The molecule has 1 aliphatic heterocycles. The Balaban J connectivity index is 1.68. The fourth-order valence-corrected chi connectivity index (χ4v) is 5.15. The lowest BCUT2D eigenvalue weighted by Gasteiger charge is -2.35. The summed E-state index contributed by atoms with van der Waals surface area (Å²) in [5.74, 6) is 0. The molecule has 0 radical (unpaired) electrons. The number of thiazole rings is 1. The van der Waals surface area contributed by atoms with Gasteiger partial charge >= 0.3 is 0 Å². The number of aryl methyl sites for hydroxylation is 1. The number of hydrogen-bond acceptors (Lipinski definition) is 4. The molecule has 0 N–H and O–H groups in total. The fraction of sp³-hybridized carbons (Fsp3) is 0.438. The molecule has 3 nitrogen and oxygen atoms in total. The van der Waals surface area contributed by atoms with Gasteiger partial charge in [0.15, 0.2) is 4.96 Å². The monoisotopic (exact) mass is 317 g/mol. The van der Waals surface area contributed by atoms with Crippen molar-refractivity contribution in [2.45, 2.75) is 39.3 Å². The van der Waals surface area contributed by atoms with Gasteiger partial charge in [-0.3, -0.25) is 9.30 Å². The SMILES string of the molecule is CCC1c2ccsc2CCN1Cc1c(C)nc2sccn12. The predicted molar refractivity (Wildman–Crippen MR) is 89.3 cm³/mol. The smallest absolute Gasteiger partial charge is 0.194 e. The van der Waals surface area contributed by atoms with Gasteiger partial charge in [-0.1, -0.05) is 6.92 Å². The van der Waals surface area contributed by atoms with Crippen LogP contribution < -0.4 is 0 Å². The Hall–Kier alpha value is -1.17. The molecule has 0 saturated carbocycles. The van der Waals surface area contributed by atoms with Gasteiger partial charge in [0.05, 0.1) is 11.4 Å².